The Morgan fingerprint density at radius 1 is 1.06 bits per heavy atom. The van der Waals surface area contributed by atoms with Crippen molar-refractivity contribution in [3.05, 3.63) is 76.6 Å². The van der Waals surface area contributed by atoms with Crippen LogP contribution in [0.5, 0.6) is 11.5 Å². The Morgan fingerprint density at radius 2 is 1.71 bits per heavy atom. The quantitative estimate of drug-likeness (QED) is 0.563. The van der Waals surface area contributed by atoms with Crippen LogP contribution in [0.15, 0.2) is 54.4 Å². The maximum absolute atomic E-state index is 12.9. The number of rotatable bonds is 7. The molecule has 1 aliphatic carbocycles. The lowest BCUT2D eigenvalue weighted by Gasteiger charge is -2.24. The van der Waals surface area contributed by atoms with Gasteiger partial charge in [0.15, 0.2) is 11.6 Å². The molecule has 0 fully saturated rings. The van der Waals surface area contributed by atoms with Crippen molar-refractivity contribution in [2.75, 3.05) is 14.2 Å². The van der Waals surface area contributed by atoms with Crippen molar-refractivity contribution in [3.63, 3.8) is 0 Å². The van der Waals surface area contributed by atoms with Gasteiger partial charge in [-0.25, -0.2) is 0 Å². The molecule has 2 aromatic rings. The summed E-state index contributed by atoms with van der Waals surface area (Å²) >= 11 is 1.13. The average Bonchev–Trinajstić information content (AvgIpc) is 2.78. The van der Waals surface area contributed by atoms with Gasteiger partial charge in [-0.15, -0.1) is 0 Å². The molecule has 0 aliphatic heterocycles. The second-order valence-corrected chi connectivity index (χ2v) is 8.34. The summed E-state index contributed by atoms with van der Waals surface area (Å²) in [6.45, 7) is 3.95. The van der Waals surface area contributed by atoms with Gasteiger partial charge in [0.05, 0.1) is 25.3 Å². The van der Waals surface area contributed by atoms with Crippen LogP contribution in [-0.4, -0.2) is 35.9 Å². The number of pyridine rings is 1. The third-order valence-corrected chi connectivity index (χ3v) is 6.01. The molecule has 0 bridgehead atoms. The smallest absolute Gasteiger partial charge is 0.220 e. The first-order valence-electron chi connectivity index (χ1n) is 9.67. The van der Waals surface area contributed by atoms with Gasteiger partial charge >= 0.3 is 0 Å². The fraction of sp³-hybridized carbons (Fsp3) is 0.250. The molecule has 0 radical (unpaired) electrons. The Hall–Kier alpha value is -3.19. The standard InChI is InChI=1S/C24H23NO5S/c1-14(2)5-8-20(31-24(28)15-9-11-25-12-10-15)16-13-19(29-3)21-17(26)6-7-18(27)22(21)23(16)30-4/h5-7,9-13,20H,8H2,1-4H3. The van der Waals surface area contributed by atoms with E-state index >= 15 is 0 Å². The maximum atomic E-state index is 12.9. The number of benzene rings is 1. The summed E-state index contributed by atoms with van der Waals surface area (Å²) in [6.07, 6.45) is 8.15. The molecule has 3 rings (SSSR count). The van der Waals surface area contributed by atoms with Gasteiger partial charge in [0.2, 0.25) is 5.12 Å². The van der Waals surface area contributed by atoms with E-state index in [1.165, 1.54) is 26.4 Å². The SMILES string of the molecule is COc1cc(C(CC=C(C)C)SC(=O)c2ccncc2)c(OC)c2c1C(=O)C=CC2=O. The van der Waals surface area contributed by atoms with E-state index in [-0.39, 0.29) is 38.8 Å². The summed E-state index contributed by atoms with van der Waals surface area (Å²) in [5.74, 6) is -0.0796. The first kappa shape index (κ1) is 22.5. The van der Waals surface area contributed by atoms with E-state index in [2.05, 4.69) is 4.98 Å². The number of thioether (sulfide) groups is 1. The molecule has 0 saturated carbocycles. The van der Waals surface area contributed by atoms with E-state index in [1.807, 2.05) is 19.9 Å². The lowest BCUT2D eigenvalue weighted by atomic mass is 9.89. The van der Waals surface area contributed by atoms with Gasteiger partial charge < -0.3 is 9.47 Å². The van der Waals surface area contributed by atoms with Crippen LogP contribution in [0, 0.1) is 0 Å². The number of nitrogens with zero attached hydrogens (tertiary/aromatic N) is 1. The van der Waals surface area contributed by atoms with Crippen LogP contribution in [0.1, 0.15) is 62.2 Å². The first-order valence-corrected chi connectivity index (χ1v) is 10.5. The number of ether oxygens (including phenoxy) is 2. The van der Waals surface area contributed by atoms with Gasteiger partial charge in [0.25, 0.3) is 0 Å². The van der Waals surface area contributed by atoms with Gasteiger partial charge in [-0.3, -0.25) is 19.4 Å². The maximum Gasteiger partial charge on any atom is 0.220 e. The number of carbonyl (C=O) groups is 3. The summed E-state index contributed by atoms with van der Waals surface area (Å²) in [4.78, 5) is 42.1. The Morgan fingerprint density at radius 3 is 2.29 bits per heavy atom. The highest BCUT2D eigenvalue weighted by atomic mass is 32.2. The number of hydrogen-bond donors (Lipinski definition) is 0. The van der Waals surface area contributed by atoms with Gasteiger partial charge in [-0.2, -0.15) is 0 Å². The largest absolute Gasteiger partial charge is 0.496 e. The second kappa shape index (κ2) is 9.75. The van der Waals surface area contributed by atoms with Gasteiger partial charge in [0.1, 0.15) is 11.5 Å². The minimum Gasteiger partial charge on any atom is -0.496 e. The van der Waals surface area contributed by atoms with Crippen molar-refractivity contribution >= 4 is 28.4 Å². The molecule has 1 aromatic carbocycles. The average molecular weight is 438 g/mol. The molecule has 1 unspecified atom stereocenters. The fourth-order valence-corrected chi connectivity index (χ4v) is 4.37. The Kier molecular flexibility index (Phi) is 7.07. The summed E-state index contributed by atoms with van der Waals surface area (Å²) in [5.41, 5.74) is 2.60. The monoisotopic (exact) mass is 437 g/mol. The number of carbonyl (C=O) groups excluding carboxylic acids is 3. The number of allylic oxidation sites excluding steroid dienone is 4. The zero-order valence-electron chi connectivity index (χ0n) is 17.8. The molecule has 6 nitrogen and oxygen atoms in total. The molecule has 0 amide bonds. The number of fused-ring (bicyclic) bond motifs is 1. The molecular formula is C24H23NO5S. The van der Waals surface area contributed by atoms with Gasteiger partial charge in [-0.1, -0.05) is 23.4 Å². The van der Waals surface area contributed by atoms with E-state index in [9.17, 15) is 14.4 Å². The zero-order chi connectivity index (χ0) is 22.5. The molecule has 7 heteroatoms. The normalized spacial score (nSPS) is 13.4. The van der Waals surface area contributed by atoms with Gasteiger partial charge in [-0.05, 0) is 50.6 Å². The van der Waals surface area contributed by atoms with Crippen molar-refractivity contribution in [1.29, 1.82) is 0 Å². The molecule has 1 heterocycles. The van der Waals surface area contributed by atoms with Crippen LogP contribution in [0.25, 0.3) is 0 Å². The van der Waals surface area contributed by atoms with E-state index in [4.69, 9.17) is 9.47 Å². The van der Waals surface area contributed by atoms with E-state index in [0.717, 1.165) is 17.3 Å². The number of aromatic nitrogens is 1. The van der Waals surface area contributed by atoms with Crippen molar-refractivity contribution in [2.24, 2.45) is 0 Å². The summed E-state index contributed by atoms with van der Waals surface area (Å²) in [7, 11) is 2.90. The van der Waals surface area contributed by atoms with Crippen LogP contribution in [0.4, 0.5) is 0 Å². The van der Waals surface area contributed by atoms with Crippen LogP contribution >= 0.6 is 11.8 Å². The lowest BCUT2D eigenvalue weighted by Crippen LogP contribution is -2.17. The van der Waals surface area contributed by atoms with E-state index in [1.54, 1.807) is 30.6 Å². The highest BCUT2D eigenvalue weighted by Gasteiger charge is 2.32. The van der Waals surface area contributed by atoms with Crippen LogP contribution in [0.2, 0.25) is 0 Å². The molecule has 0 spiro atoms. The van der Waals surface area contributed by atoms with E-state index < -0.39 is 0 Å². The minimum atomic E-state index is -0.362. The third kappa shape index (κ3) is 4.77. The number of methoxy groups -OCH3 is 2. The molecule has 31 heavy (non-hydrogen) atoms. The molecular weight excluding hydrogens is 414 g/mol. The first-order chi connectivity index (χ1) is 14.9. The predicted molar refractivity (Wildman–Crippen MR) is 120 cm³/mol. The van der Waals surface area contributed by atoms with Crippen LogP contribution < -0.4 is 9.47 Å². The lowest BCUT2D eigenvalue weighted by molar-refractivity contribution is 0.0988. The second-order valence-electron chi connectivity index (χ2n) is 7.16. The molecule has 0 N–H and O–H groups in total. The molecule has 0 saturated heterocycles. The molecule has 1 atom stereocenters. The van der Waals surface area contributed by atoms with Crippen LogP contribution in [0.3, 0.4) is 0 Å². The Bertz CT molecular complexity index is 1080. The Labute approximate surface area is 185 Å². The molecule has 160 valence electrons. The topological polar surface area (TPSA) is 82.6 Å². The van der Waals surface area contributed by atoms with E-state index in [0.29, 0.717) is 23.3 Å². The number of ketones is 2. The molecule has 1 aromatic heterocycles. The Balaban J connectivity index is 2.15. The summed E-state index contributed by atoms with van der Waals surface area (Å²) < 4.78 is 11.1. The fourth-order valence-electron chi connectivity index (χ4n) is 3.34. The third-order valence-electron chi connectivity index (χ3n) is 4.83. The van der Waals surface area contributed by atoms with Crippen molar-refractivity contribution < 1.29 is 23.9 Å². The van der Waals surface area contributed by atoms with Crippen molar-refractivity contribution in [2.45, 2.75) is 25.5 Å². The molecule has 1 aliphatic rings. The predicted octanol–water partition coefficient (Wildman–Crippen LogP) is 5.01. The van der Waals surface area contributed by atoms with Gasteiger partial charge in [0, 0.05) is 28.8 Å². The highest BCUT2D eigenvalue weighted by Crippen LogP contribution is 2.46. The van der Waals surface area contributed by atoms with Crippen LogP contribution in [-0.2, 0) is 0 Å². The summed E-state index contributed by atoms with van der Waals surface area (Å²) in [5, 5.41) is -0.492. The summed E-state index contributed by atoms with van der Waals surface area (Å²) in [6, 6.07) is 5.01. The minimum absolute atomic E-state index is 0.129. The highest BCUT2D eigenvalue weighted by molar-refractivity contribution is 8.14. The van der Waals surface area contributed by atoms with Crippen molar-refractivity contribution in [1.82, 2.24) is 4.98 Å². The number of hydrogen-bond acceptors (Lipinski definition) is 7. The van der Waals surface area contributed by atoms with Crippen molar-refractivity contribution in [3.8, 4) is 11.5 Å². The zero-order valence-corrected chi connectivity index (χ0v) is 18.6.